The fourth-order valence-electron chi connectivity index (χ4n) is 2.07. The van der Waals surface area contributed by atoms with Crippen LogP contribution >= 0.6 is 0 Å². The molecule has 0 saturated heterocycles. The third-order valence-corrected chi connectivity index (χ3v) is 3.39. The first-order valence-corrected chi connectivity index (χ1v) is 7.23. The lowest BCUT2D eigenvalue weighted by atomic mass is 10.2. The molecular weight excluding hydrogens is 262 g/mol. The van der Waals surface area contributed by atoms with Crippen molar-refractivity contribution in [1.82, 2.24) is 9.88 Å². The third-order valence-electron chi connectivity index (χ3n) is 3.39. The second-order valence-electron chi connectivity index (χ2n) is 4.90. The first kappa shape index (κ1) is 15.0. The number of anilines is 2. The average Bonchev–Trinajstić information content (AvgIpc) is 2.51. The van der Waals surface area contributed by atoms with Crippen molar-refractivity contribution < 1.29 is 4.79 Å². The second-order valence-corrected chi connectivity index (χ2v) is 4.90. The van der Waals surface area contributed by atoms with Gasteiger partial charge < -0.3 is 10.2 Å². The highest BCUT2D eigenvalue weighted by Crippen LogP contribution is 2.15. The van der Waals surface area contributed by atoms with Gasteiger partial charge in [0.1, 0.15) is 5.82 Å². The van der Waals surface area contributed by atoms with Crippen molar-refractivity contribution in [3.8, 4) is 0 Å². The summed E-state index contributed by atoms with van der Waals surface area (Å²) in [4.78, 5) is 18.3. The van der Waals surface area contributed by atoms with Gasteiger partial charge in [-0.05, 0) is 45.0 Å². The Bertz CT molecular complexity index is 586. The van der Waals surface area contributed by atoms with Gasteiger partial charge in [-0.25, -0.2) is 4.98 Å². The number of pyridine rings is 1. The van der Waals surface area contributed by atoms with E-state index in [0.717, 1.165) is 11.5 Å². The zero-order valence-electron chi connectivity index (χ0n) is 12.8. The molecule has 1 aromatic heterocycles. The Morgan fingerprint density at radius 2 is 1.76 bits per heavy atom. The molecule has 0 radical (unpaired) electrons. The third kappa shape index (κ3) is 3.81. The van der Waals surface area contributed by atoms with Crippen LogP contribution in [-0.2, 0) is 0 Å². The normalized spacial score (nSPS) is 10.2. The maximum Gasteiger partial charge on any atom is 0.255 e. The van der Waals surface area contributed by atoms with Crippen LogP contribution in [0.3, 0.4) is 0 Å². The summed E-state index contributed by atoms with van der Waals surface area (Å²) < 4.78 is 0. The summed E-state index contributed by atoms with van der Waals surface area (Å²) in [7, 11) is 0. The van der Waals surface area contributed by atoms with Crippen LogP contribution in [0.1, 0.15) is 29.8 Å². The Hall–Kier alpha value is -2.36. The van der Waals surface area contributed by atoms with E-state index in [9.17, 15) is 4.79 Å². The highest BCUT2D eigenvalue weighted by molar-refractivity contribution is 5.94. The lowest BCUT2D eigenvalue weighted by molar-refractivity contribution is 0.0772. The molecule has 0 atom stereocenters. The lowest BCUT2D eigenvalue weighted by Gasteiger charge is -2.18. The number of carbonyl (C=O) groups is 1. The van der Waals surface area contributed by atoms with Crippen LogP contribution in [0.5, 0.6) is 0 Å². The van der Waals surface area contributed by atoms with Gasteiger partial charge in [-0.2, -0.15) is 0 Å². The Morgan fingerprint density at radius 3 is 2.29 bits per heavy atom. The van der Waals surface area contributed by atoms with E-state index in [0.29, 0.717) is 18.7 Å². The minimum Gasteiger partial charge on any atom is -0.340 e. The van der Waals surface area contributed by atoms with Crippen LogP contribution in [0.25, 0.3) is 0 Å². The van der Waals surface area contributed by atoms with Gasteiger partial charge in [0, 0.05) is 25.0 Å². The minimum atomic E-state index is 0.0226. The Morgan fingerprint density at radius 1 is 1.10 bits per heavy atom. The van der Waals surface area contributed by atoms with Crippen LogP contribution in [0.15, 0.2) is 42.6 Å². The van der Waals surface area contributed by atoms with E-state index in [1.807, 2.05) is 50.2 Å². The van der Waals surface area contributed by atoms with Gasteiger partial charge in [-0.3, -0.25) is 4.79 Å². The van der Waals surface area contributed by atoms with Crippen molar-refractivity contribution in [1.29, 1.82) is 0 Å². The summed E-state index contributed by atoms with van der Waals surface area (Å²) in [6, 6.07) is 11.7. The maximum absolute atomic E-state index is 12.2. The van der Waals surface area contributed by atoms with Crippen LogP contribution in [0.4, 0.5) is 11.5 Å². The molecule has 1 amide bonds. The van der Waals surface area contributed by atoms with Crippen LogP contribution < -0.4 is 5.32 Å². The summed E-state index contributed by atoms with van der Waals surface area (Å²) in [5.41, 5.74) is 2.82. The van der Waals surface area contributed by atoms with E-state index in [4.69, 9.17) is 0 Å². The molecule has 0 aliphatic rings. The predicted molar refractivity (Wildman–Crippen MR) is 86.0 cm³/mol. The molecule has 2 rings (SSSR count). The Kier molecular flexibility index (Phi) is 4.93. The van der Waals surface area contributed by atoms with Gasteiger partial charge in [-0.15, -0.1) is 0 Å². The summed E-state index contributed by atoms with van der Waals surface area (Å²) in [5.74, 6) is 0.754. The number of nitrogens with zero attached hydrogens (tertiary/aromatic N) is 2. The van der Waals surface area contributed by atoms with Crippen molar-refractivity contribution >= 4 is 17.4 Å². The van der Waals surface area contributed by atoms with E-state index in [1.54, 1.807) is 11.1 Å². The minimum absolute atomic E-state index is 0.0226. The predicted octanol–water partition coefficient (Wildman–Crippen LogP) is 3.62. The zero-order valence-corrected chi connectivity index (χ0v) is 12.8. The molecule has 0 bridgehead atoms. The molecule has 110 valence electrons. The molecule has 0 spiro atoms. The van der Waals surface area contributed by atoms with E-state index < -0.39 is 0 Å². The molecule has 1 aromatic carbocycles. The quantitative estimate of drug-likeness (QED) is 0.911. The molecule has 1 N–H and O–H groups in total. The van der Waals surface area contributed by atoms with E-state index >= 15 is 0 Å². The summed E-state index contributed by atoms with van der Waals surface area (Å²) in [6.45, 7) is 7.41. The monoisotopic (exact) mass is 283 g/mol. The van der Waals surface area contributed by atoms with E-state index in [1.165, 1.54) is 5.56 Å². The smallest absolute Gasteiger partial charge is 0.255 e. The zero-order chi connectivity index (χ0) is 15.2. The molecule has 0 aliphatic heterocycles. The summed E-state index contributed by atoms with van der Waals surface area (Å²) in [5, 5.41) is 3.22. The Labute approximate surface area is 125 Å². The van der Waals surface area contributed by atoms with Crippen molar-refractivity contribution in [2.45, 2.75) is 20.8 Å². The number of benzene rings is 1. The van der Waals surface area contributed by atoms with Crippen LogP contribution in [-0.4, -0.2) is 28.9 Å². The number of hydrogen-bond acceptors (Lipinski definition) is 3. The van der Waals surface area contributed by atoms with Crippen LogP contribution in [0, 0.1) is 6.92 Å². The van der Waals surface area contributed by atoms with E-state index in [2.05, 4.69) is 17.2 Å². The topological polar surface area (TPSA) is 45.2 Å². The van der Waals surface area contributed by atoms with Gasteiger partial charge in [0.25, 0.3) is 5.91 Å². The van der Waals surface area contributed by atoms with Gasteiger partial charge in [0.2, 0.25) is 0 Å². The van der Waals surface area contributed by atoms with Gasteiger partial charge in [0.15, 0.2) is 0 Å². The van der Waals surface area contributed by atoms with Crippen LogP contribution in [0.2, 0.25) is 0 Å². The first-order chi connectivity index (χ1) is 10.1. The van der Waals surface area contributed by atoms with Crippen molar-refractivity contribution in [2.75, 3.05) is 18.4 Å². The number of nitrogens with one attached hydrogen (secondary N) is 1. The number of aromatic nitrogens is 1. The number of hydrogen-bond donors (Lipinski definition) is 1. The molecule has 4 nitrogen and oxygen atoms in total. The number of aryl methyl sites for hydroxylation is 1. The first-order valence-electron chi connectivity index (χ1n) is 7.23. The molecular formula is C17H21N3O. The van der Waals surface area contributed by atoms with Crippen molar-refractivity contribution in [3.63, 3.8) is 0 Å². The molecule has 0 unspecified atom stereocenters. The highest BCUT2D eigenvalue weighted by Gasteiger charge is 2.12. The van der Waals surface area contributed by atoms with E-state index in [-0.39, 0.29) is 5.91 Å². The maximum atomic E-state index is 12.2. The average molecular weight is 283 g/mol. The Balaban J connectivity index is 2.08. The lowest BCUT2D eigenvalue weighted by Crippen LogP contribution is -2.30. The number of rotatable bonds is 5. The number of carbonyl (C=O) groups excluding carboxylic acids is 1. The van der Waals surface area contributed by atoms with Crippen molar-refractivity contribution in [3.05, 3.63) is 53.7 Å². The van der Waals surface area contributed by atoms with Crippen molar-refractivity contribution in [2.24, 2.45) is 0 Å². The fraction of sp³-hybridized carbons (Fsp3) is 0.294. The molecule has 21 heavy (non-hydrogen) atoms. The fourth-order valence-corrected chi connectivity index (χ4v) is 2.07. The van der Waals surface area contributed by atoms with Gasteiger partial charge in [-0.1, -0.05) is 17.7 Å². The van der Waals surface area contributed by atoms with Gasteiger partial charge in [0.05, 0.1) is 5.56 Å². The highest BCUT2D eigenvalue weighted by atomic mass is 16.2. The van der Waals surface area contributed by atoms with Gasteiger partial charge >= 0.3 is 0 Å². The molecule has 0 fully saturated rings. The summed E-state index contributed by atoms with van der Waals surface area (Å²) in [6.07, 6.45) is 1.62. The molecule has 0 saturated carbocycles. The largest absolute Gasteiger partial charge is 0.340 e. The number of amides is 1. The SMILES string of the molecule is CCN(CC)C(=O)c1ccc(Nc2ccc(C)cc2)nc1. The molecule has 2 aromatic rings. The standard InChI is InChI=1S/C17H21N3O/c1-4-20(5-2)17(21)14-8-11-16(18-12-14)19-15-9-6-13(3)7-10-15/h6-12H,4-5H2,1-3H3,(H,18,19). The molecule has 4 heteroatoms. The summed E-state index contributed by atoms with van der Waals surface area (Å²) >= 11 is 0. The molecule has 0 aliphatic carbocycles. The molecule has 1 heterocycles. The second kappa shape index (κ2) is 6.88.